The largest absolute Gasteiger partial charge is 0.505 e. The zero-order valence-corrected chi connectivity index (χ0v) is 7.58. The minimum Gasteiger partial charge on any atom is -0.505 e. The van der Waals surface area contributed by atoms with Crippen LogP contribution in [0.5, 0.6) is 5.75 Å². The van der Waals surface area contributed by atoms with Crippen LogP contribution in [0.1, 0.15) is 5.56 Å². The number of hydrogen-bond acceptors (Lipinski definition) is 1. The van der Waals surface area contributed by atoms with Crippen molar-refractivity contribution in [2.45, 2.75) is 6.18 Å². The van der Waals surface area contributed by atoms with Crippen LogP contribution in [0.15, 0.2) is 16.6 Å². The molecule has 0 aliphatic heterocycles. The second-order valence-corrected chi connectivity index (χ2v) is 3.20. The van der Waals surface area contributed by atoms with Crippen molar-refractivity contribution in [2.75, 3.05) is 0 Å². The van der Waals surface area contributed by atoms with Gasteiger partial charge in [0.1, 0.15) is 0 Å². The maximum Gasteiger partial charge on any atom is 0.419 e. The Balaban J connectivity index is 3.37. The normalized spacial score (nSPS) is 11.8. The maximum atomic E-state index is 12.7. The third-order valence-corrected chi connectivity index (χ3v) is 1.78. The number of phenols is 1. The average molecular weight is 259 g/mol. The predicted molar refractivity (Wildman–Crippen MR) is 40.8 cm³/mol. The van der Waals surface area contributed by atoms with Crippen LogP contribution in [0.2, 0.25) is 0 Å². The molecule has 72 valence electrons. The standard InChI is InChI=1S/C7H3BrF4O/c8-3-1-4(7(10,11)12)6(9)5(13)2-3/h1-2,13H. The summed E-state index contributed by atoms with van der Waals surface area (Å²) in [5.74, 6) is -2.68. The van der Waals surface area contributed by atoms with E-state index in [1.807, 2.05) is 0 Å². The fraction of sp³-hybridized carbons (Fsp3) is 0.143. The molecule has 1 nitrogen and oxygen atoms in total. The Labute approximate surface area is 79.1 Å². The van der Waals surface area contributed by atoms with Gasteiger partial charge in [0, 0.05) is 4.47 Å². The molecule has 1 N–H and O–H groups in total. The SMILES string of the molecule is Oc1cc(Br)cc(C(F)(F)F)c1F. The number of hydrogen-bond donors (Lipinski definition) is 1. The molecule has 6 heteroatoms. The van der Waals surface area contributed by atoms with Crippen molar-refractivity contribution >= 4 is 15.9 Å². The van der Waals surface area contributed by atoms with E-state index in [4.69, 9.17) is 5.11 Å². The molecule has 0 unspecified atom stereocenters. The van der Waals surface area contributed by atoms with E-state index < -0.39 is 23.3 Å². The monoisotopic (exact) mass is 258 g/mol. The van der Waals surface area contributed by atoms with Gasteiger partial charge in [-0.15, -0.1) is 0 Å². The number of benzene rings is 1. The lowest BCUT2D eigenvalue weighted by atomic mass is 10.2. The van der Waals surface area contributed by atoms with Crippen molar-refractivity contribution < 1.29 is 22.7 Å². The number of rotatable bonds is 0. The first-order valence-corrected chi connectivity index (χ1v) is 3.87. The summed E-state index contributed by atoms with van der Waals surface area (Å²) in [6.07, 6.45) is -4.80. The van der Waals surface area contributed by atoms with E-state index in [1.165, 1.54) is 0 Å². The molecule has 0 bridgehead atoms. The number of aromatic hydroxyl groups is 1. The summed E-state index contributed by atoms with van der Waals surface area (Å²) >= 11 is 2.71. The molecule has 0 fully saturated rings. The summed E-state index contributed by atoms with van der Waals surface area (Å²) in [4.78, 5) is 0. The molecule has 0 heterocycles. The van der Waals surface area contributed by atoms with Crippen LogP contribution in [0.25, 0.3) is 0 Å². The number of halogens is 5. The molecule has 1 aromatic rings. The lowest BCUT2D eigenvalue weighted by molar-refractivity contribution is -0.140. The fourth-order valence-corrected chi connectivity index (χ4v) is 1.23. The summed E-state index contributed by atoms with van der Waals surface area (Å²) in [7, 11) is 0. The lowest BCUT2D eigenvalue weighted by Crippen LogP contribution is -2.08. The Kier molecular flexibility index (Phi) is 2.51. The molecule has 0 spiro atoms. The van der Waals surface area contributed by atoms with Crippen molar-refractivity contribution in [3.63, 3.8) is 0 Å². The molecule has 0 atom stereocenters. The zero-order valence-electron chi connectivity index (χ0n) is 5.99. The van der Waals surface area contributed by atoms with E-state index in [0.29, 0.717) is 6.07 Å². The van der Waals surface area contributed by atoms with Crippen molar-refractivity contribution in [1.29, 1.82) is 0 Å². The summed E-state index contributed by atoms with van der Waals surface area (Å²) in [5, 5.41) is 8.74. The maximum absolute atomic E-state index is 12.7. The van der Waals surface area contributed by atoms with Gasteiger partial charge in [0.2, 0.25) is 0 Å². The molecule has 0 aliphatic carbocycles. The van der Waals surface area contributed by atoms with Gasteiger partial charge in [0.25, 0.3) is 0 Å². The summed E-state index contributed by atoms with van der Waals surface area (Å²) in [6.45, 7) is 0. The Morgan fingerprint density at radius 2 is 1.77 bits per heavy atom. The van der Waals surface area contributed by atoms with E-state index in [9.17, 15) is 17.6 Å². The minimum absolute atomic E-state index is 0.0290. The zero-order chi connectivity index (χ0) is 10.2. The highest BCUT2D eigenvalue weighted by Gasteiger charge is 2.35. The third-order valence-electron chi connectivity index (χ3n) is 1.32. The Morgan fingerprint density at radius 3 is 2.23 bits per heavy atom. The summed E-state index contributed by atoms with van der Waals surface area (Å²) < 4.78 is 48.8. The highest BCUT2D eigenvalue weighted by Crippen LogP contribution is 2.36. The van der Waals surface area contributed by atoms with Gasteiger partial charge in [-0.3, -0.25) is 0 Å². The minimum atomic E-state index is -4.80. The van der Waals surface area contributed by atoms with Gasteiger partial charge in [-0.05, 0) is 12.1 Å². The molecule has 0 saturated heterocycles. The van der Waals surface area contributed by atoms with Gasteiger partial charge < -0.3 is 5.11 Å². The van der Waals surface area contributed by atoms with Crippen molar-refractivity contribution in [3.8, 4) is 5.75 Å². The van der Waals surface area contributed by atoms with Crippen LogP contribution in [-0.4, -0.2) is 5.11 Å². The van der Waals surface area contributed by atoms with Crippen LogP contribution in [-0.2, 0) is 6.18 Å². The van der Waals surface area contributed by atoms with E-state index in [2.05, 4.69) is 15.9 Å². The van der Waals surface area contributed by atoms with Gasteiger partial charge >= 0.3 is 6.18 Å². The van der Waals surface area contributed by atoms with Crippen molar-refractivity contribution in [1.82, 2.24) is 0 Å². The second-order valence-electron chi connectivity index (χ2n) is 2.28. The quantitative estimate of drug-likeness (QED) is 0.708. The molecule has 0 aromatic heterocycles. The Hall–Kier alpha value is -0.780. The highest BCUT2D eigenvalue weighted by atomic mass is 79.9. The van der Waals surface area contributed by atoms with Gasteiger partial charge in [-0.25, -0.2) is 4.39 Å². The third kappa shape index (κ3) is 2.12. The topological polar surface area (TPSA) is 20.2 Å². The average Bonchev–Trinajstić information content (AvgIpc) is 1.94. The van der Waals surface area contributed by atoms with Crippen LogP contribution >= 0.6 is 15.9 Å². The van der Waals surface area contributed by atoms with Crippen LogP contribution in [0.3, 0.4) is 0 Å². The van der Waals surface area contributed by atoms with Gasteiger partial charge in [0.05, 0.1) is 5.56 Å². The van der Waals surface area contributed by atoms with E-state index in [-0.39, 0.29) is 4.47 Å². The Bertz CT molecular complexity index is 334. The molecule has 1 aromatic carbocycles. The predicted octanol–water partition coefficient (Wildman–Crippen LogP) is 3.31. The van der Waals surface area contributed by atoms with E-state index in [1.54, 1.807) is 0 Å². The number of phenolic OH excluding ortho intramolecular Hbond substituents is 1. The first-order chi connectivity index (χ1) is 5.82. The Morgan fingerprint density at radius 1 is 1.23 bits per heavy atom. The molecule has 0 aliphatic rings. The summed E-state index contributed by atoms with van der Waals surface area (Å²) in [5.41, 5.74) is -1.49. The fourth-order valence-electron chi connectivity index (χ4n) is 0.781. The van der Waals surface area contributed by atoms with Gasteiger partial charge in [-0.1, -0.05) is 15.9 Å². The molecule has 0 saturated carbocycles. The van der Waals surface area contributed by atoms with E-state index >= 15 is 0 Å². The first-order valence-electron chi connectivity index (χ1n) is 3.07. The molecular formula is C7H3BrF4O. The highest BCUT2D eigenvalue weighted by molar-refractivity contribution is 9.10. The van der Waals surface area contributed by atoms with E-state index in [0.717, 1.165) is 6.07 Å². The molecular weight excluding hydrogens is 256 g/mol. The smallest absolute Gasteiger partial charge is 0.419 e. The summed E-state index contributed by atoms with van der Waals surface area (Å²) in [6, 6.07) is 1.42. The van der Waals surface area contributed by atoms with Crippen LogP contribution in [0, 0.1) is 5.82 Å². The molecule has 13 heavy (non-hydrogen) atoms. The molecule has 1 rings (SSSR count). The number of alkyl halides is 3. The van der Waals surface area contributed by atoms with Crippen LogP contribution in [0.4, 0.5) is 17.6 Å². The van der Waals surface area contributed by atoms with Crippen LogP contribution < -0.4 is 0 Å². The molecule has 0 radical (unpaired) electrons. The van der Waals surface area contributed by atoms with Gasteiger partial charge in [0.15, 0.2) is 11.6 Å². The second kappa shape index (κ2) is 3.17. The molecule has 0 amide bonds. The van der Waals surface area contributed by atoms with Crippen molar-refractivity contribution in [3.05, 3.63) is 28.0 Å². The first kappa shape index (κ1) is 10.3. The van der Waals surface area contributed by atoms with Gasteiger partial charge in [-0.2, -0.15) is 13.2 Å². The van der Waals surface area contributed by atoms with Crippen molar-refractivity contribution in [2.24, 2.45) is 0 Å². The lowest BCUT2D eigenvalue weighted by Gasteiger charge is -2.08.